The predicted octanol–water partition coefficient (Wildman–Crippen LogP) is 1.82. The Labute approximate surface area is 258 Å². The van der Waals surface area contributed by atoms with Crippen LogP contribution in [0.25, 0.3) is 21.8 Å². The van der Waals surface area contributed by atoms with Crippen LogP contribution in [-0.4, -0.2) is 74.0 Å². The highest BCUT2D eigenvalue weighted by Gasteiger charge is 2.32. The van der Waals surface area contributed by atoms with Gasteiger partial charge >= 0.3 is 11.9 Å². The summed E-state index contributed by atoms with van der Waals surface area (Å²) in [6, 6.07) is 10.0. The third-order valence-electron chi connectivity index (χ3n) is 7.75. The van der Waals surface area contributed by atoms with E-state index in [1.807, 2.05) is 48.5 Å². The van der Waals surface area contributed by atoms with E-state index in [4.69, 9.17) is 10.8 Å². The number of nitrogens with one attached hydrogen (secondary N) is 5. The average molecular weight is 619 g/mol. The van der Waals surface area contributed by atoms with Crippen LogP contribution in [-0.2, 0) is 36.8 Å². The molecule has 13 heteroatoms. The molecule has 0 fully saturated rings. The van der Waals surface area contributed by atoms with E-state index in [-0.39, 0.29) is 25.2 Å². The Hall–Kier alpha value is -5.17. The largest absolute Gasteiger partial charge is 0.481 e. The Morgan fingerprint density at radius 1 is 0.711 bits per heavy atom. The van der Waals surface area contributed by atoms with E-state index in [1.165, 1.54) is 0 Å². The summed E-state index contributed by atoms with van der Waals surface area (Å²) in [5.74, 6) is -4.86. The standard InChI is InChI=1S/C32H38N6O7/c1-17(2)28(33)31(43)38-26(14-19-16-35-23-10-6-4-8-21(19)23)30(42)37-25(13-18-15-34-22-9-5-3-7-20(18)22)29(41)36-24(32(44)45)11-12-27(39)40/h3-10,15-17,24-26,28,34-35H,11-14,33H2,1-2H3,(H,36,41)(H,37,42)(H,38,43)(H,39,40)(H,44,45). The van der Waals surface area contributed by atoms with Crippen LogP contribution in [0.15, 0.2) is 60.9 Å². The molecule has 0 saturated heterocycles. The molecule has 4 rings (SSSR count). The number of hydrogen-bond donors (Lipinski definition) is 8. The van der Waals surface area contributed by atoms with Crippen molar-refractivity contribution in [2.45, 2.75) is 63.7 Å². The molecule has 0 radical (unpaired) electrons. The fourth-order valence-electron chi connectivity index (χ4n) is 5.10. The van der Waals surface area contributed by atoms with E-state index < -0.39 is 60.2 Å². The summed E-state index contributed by atoms with van der Waals surface area (Å²) in [6.45, 7) is 3.56. The molecule has 45 heavy (non-hydrogen) atoms. The van der Waals surface area contributed by atoms with Gasteiger partial charge in [0, 0.05) is 53.5 Å². The van der Waals surface area contributed by atoms with E-state index in [9.17, 15) is 29.1 Å². The topological polar surface area (TPSA) is 219 Å². The monoisotopic (exact) mass is 618 g/mol. The Kier molecular flexibility index (Phi) is 10.6. The zero-order valence-corrected chi connectivity index (χ0v) is 25.0. The Morgan fingerprint density at radius 3 is 1.60 bits per heavy atom. The van der Waals surface area contributed by atoms with E-state index in [2.05, 4.69) is 25.9 Å². The molecule has 0 bridgehead atoms. The molecule has 4 atom stereocenters. The summed E-state index contributed by atoms with van der Waals surface area (Å²) in [5, 5.41) is 28.2. The first kappa shape index (κ1) is 32.7. The molecule has 4 aromatic rings. The minimum atomic E-state index is -1.50. The molecular weight excluding hydrogens is 580 g/mol. The average Bonchev–Trinajstić information content (AvgIpc) is 3.61. The van der Waals surface area contributed by atoms with E-state index >= 15 is 0 Å². The van der Waals surface area contributed by atoms with Crippen molar-refractivity contribution in [2.75, 3.05) is 0 Å². The van der Waals surface area contributed by atoms with Crippen LogP contribution in [0.3, 0.4) is 0 Å². The van der Waals surface area contributed by atoms with Crippen molar-refractivity contribution in [3.05, 3.63) is 72.1 Å². The summed E-state index contributed by atoms with van der Waals surface area (Å²) in [4.78, 5) is 69.7. The highest BCUT2D eigenvalue weighted by molar-refractivity contribution is 5.95. The lowest BCUT2D eigenvalue weighted by Gasteiger charge is -2.26. The summed E-state index contributed by atoms with van der Waals surface area (Å²) in [6.07, 6.45) is 2.66. The molecule has 13 nitrogen and oxygen atoms in total. The van der Waals surface area contributed by atoms with Crippen LogP contribution in [0.1, 0.15) is 37.8 Å². The number of H-pyrrole nitrogens is 2. The number of amides is 3. The van der Waals surface area contributed by atoms with Gasteiger partial charge in [0.25, 0.3) is 0 Å². The van der Waals surface area contributed by atoms with Gasteiger partial charge in [0.2, 0.25) is 17.7 Å². The zero-order valence-electron chi connectivity index (χ0n) is 25.0. The van der Waals surface area contributed by atoms with Crippen molar-refractivity contribution in [1.29, 1.82) is 0 Å². The van der Waals surface area contributed by atoms with Gasteiger partial charge in [-0.2, -0.15) is 0 Å². The van der Waals surface area contributed by atoms with Crippen LogP contribution in [0.2, 0.25) is 0 Å². The highest BCUT2D eigenvalue weighted by atomic mass is 16.4. The molecule has 2 heterocycles. The maximum atomic E-state index is 13.9. The van der Waals surface area contributed by atoms with Gasteiger partial charge in [-0.3, -0.25) is 19.2 Å². The minimum absolute atomic E-state index is 0.0217. The Morgan fingerprint density at radius 2 is 1.16 bits per heavy atom. The predicted molar refractivity (Wildman–Crippen MR) is 167 cm³/mol. The third-order valence-corrected chi connectivity index (χ3v) is 7.75. The van der Waals surface area contributed by atoms with Crippen LogP contribution in [0.4, 0.5) is 0 Å². The van der Waals surface area contributed by atoms with Gasteiger partial charge in [0.15, 0.2) is 0 Å². The van der Waals surface area contributed by atoms with Crippen LogP contribution < -0.4 is 21.7 Å². The molecule has 2 aromatic heterocycles. The first-order valence-electron chi connectivity index (χ1n) is 14.7. The molecule has 0 aliphatic heterocycles. The lowest BCUT2D eigenvalue weighted by Crippen LogP contribution is -2.58. The normalized spacial score (nSPS) is 14.0. The number of hydrogen-bond acceptors (Lipinski definition) is 6. The minimum Gasteiger partial charge on any atom is -0.481 e. The van der Waals surface area contributed by atoms with Crippen LogP contribution in [0, 0.1) is 5.92 Å². The molecule has 0 spiro atoms. The van der Waals surface area contributed by atoms with Crippen molar-refractivity contribution < 1.29 is 34.2 Å². The van der Waals surface area contributed by atoms with Gasteiger partial charge in [-0.1, -0.05) is 50.2 Å². The molecule has 0 saturated carbocycles. The quantitative estimate of drug-likeness (QED) is 0.0980. The number of benzene rings is 2. The highest BCUT2D eigenvalue weighted by Crippen LogP contribution is 2.21. The number of aliphatic carboxylic acids is 2. The summed E-state index contributed by atoms with van der Waals surface area (Å²) in [7, 11) is 0. The van der Waals surface area contributed by atoms with Crippen molar-refractivity contribution in [2.24, 2.45) is 11.7 Å². The fourth-order valence-corrected chi connectivity index (χ4v) is 5.10. The number of para-hydroxylation sites is 2. The van der Waals surface area contributed by atoms with E-state index in [0.29, 0.717) is 5.56 Å². The van der Waals surface area contributed by atoms with Crippen molar-refractivity contribution in [3.63, 3.8) is 0 Å². The second-order valence-corrected chi connectivity index (χ2v) is 11.4. The Bertz CT molecular complexity index is 1690. The molecule has 0 aliphatic carbocycles. The van der Waals surface area contributed by atoms with E-state index in [0.717, 1.165) is 27.4 Å². The van der Waals surface area contributed by atoms with Crippen molar-refractivity contribution >= 4 is 51.5 Å². The number of fused-ring (bicyclic) bond motifs is 2. The van der Waals surface area contributed by atoms with Crippen LogP contribution >= 0.6 is 0 Å². The lowest BCUT2D eigenvalue weighted by atomic mass is 10.00. The molecule has 0 aliphatic rings. The number of carbonyl (C=O) groups is 5. The van der Waals surface area contributed by atoms with Gasteiger partial charge in [-0.15, -0.1) is 0 Å². The number of nitrogens with two attached hydrogens (primary N) is 1. The fraction of sp³-hybridized carbons (Fsp3) is 0.344. The van der Waals surface area contributed by atoms with Crippen molar-refractivity contribution in [3.8, 4) is 0 Å². The molecular formula is C32H38N6O7. The molecule has 238 valence electrons. The summed E-state index contributed by atoms with van der Waals surface area (Å²) < 4.78 is 0. The van der Waals surface area contributed by atoms with Gasteiger partial charge in [-0.25, -0.2) is 4.79 Å². The van der Waals surface area contributed by atoms with Gasteiger partial charge in [0.1, 0.15) is 18.1 Å². The van der Waals surface area contributed by atoms with Gasteiger partial charge in [-0.05, 0) is 35.6 Å². The van der Waals surface area contributed by atoms with Crippen molar-refractivity contribution in [1.82, 2.24) is 25.9 Å². The SMILES string of the molecule is CC(C)C(N)C(=O)NC(Cc1c[nH]c2ccccc12)C(=O)NC(Cc1c[nH]c2ccccc12)C(=O)NC(CCC(=O)O)C(=O)O. The molecule has 4 unspecified atom stereocenters. The third kappa shape index (κ3) is 8.26. The molecule has 3 amide bonds. The number of carboxylic acids is 2. The van der Waals surface area contributed by atoms with Crippen LogP contribution in [0.5, 0.6) is 0 Å². The van der Waals surface area contributed by atoms with E-state index in [1.54, 1.807) is 26.2 Å². The molecule has 9 N–H and O–H groups in total. The van der Waals surface area contributed by atoms with Gasteiger partial charge < -0.3 is 41.9 Å². The Balaban J connectivity index is 1.64. The molecule has 2 aromatic carbocycles. The lowest BCUT2D eigenvalue weighted by molar-refractivity contribution is -0.143. The smallest absolute Gasteiger partial charge is 0.326 e. The second kappa shape index (κ2) is 14.5. The summed E-state index contributed by atoms with van der Waals surface area (Å²) in [5.41, 5.74) is 9.16. The maximum Gasteiger partial charge on any atom is 0.326 e. The zero-order chi connectivity index (χ0) is 32.7. The number of aromatic amines is 2. The first-order valence-corrected chi connectivity index (χ1v) is 14.7. The number of aromatic nitrogens is 2. The number of rotatable bonds is 15. The number of carbonyl (C=O) groups excluding carboxylic acids is 3. The summed E-state index contributed by atoms with van der Waals surface area (Å²) >= 11 is 0. The second-order valence-electron chi connectivity index (χ2n) is 11.4. The van der Waals surface area contributed by atoms with Gasteiger partial charge in [0.05, 0.1) is 6.04 Å². The maximum absolute atomic E-state index is 13.9. The first-order chi connectivity index (χ1) is 21.4. The number of carboxylic acid groups (broad SMARTS) is 2.